The lowest BCUT2D eigenvalue weighted by molar-refractivity contribution is -0.115. The summed E-state index contributed by atoms with van der Waals surface area (Å²) in [4.78, 5) is 12.3. The first kappa shape index (κ1) is 21.1. The highest BCUT2D eigenvalue weighted by Crippen LogP contribution is 2.47. The normalized spacial score (nSPS) is 17.7. The van der Waals surface area contributed by atoms with Crippen LogP contribution < -0.4 is 15.4 Å². The molecule has 0 bridgehead atoms. The van der Waals surface area contributed by atoms with Gasteiger partial charge < -0.3 is 15.4 Å². The van der Waals surface area contributed by atoms with E-state index in [2.05, 4.69) is 52.0 Å². The lowest BCUT2D eigenvalue weighted by Gasteiger charge is -2.35. The van der Waals surface area contributed by atoms with Crippen LogP contribution in [0.15, 0.2) is 54.6 Å². The number of methoxy groups -OCH3 is 1. The average molecular weight is 419 g/mol. The zero-order valence-electron chi connectivity index (χ0n) is 18.2. The van der Waals surface area contributed by atoms with Crippen LogP contribution in [0, 0.1) is 0 Å². The quantitative estimate of drug-likeness (QED) is 0.482. The molecule has 3 aromatic rings. The Hall–Kier alpha value is -3.12. The van der Waals surface area contributed by atoms with Crippen LogP contribution in [0.3, 0.4) is 0 Å². The number of anilines is 1. The molecular formula is C25H30N4O2. The van der Waals surface area contributed by atoms with Gasteiger partial charge in [0.2, 0.25) is 5.91 Å². The first-order chi connectivity index (χ1) is 15.1. The fourth-order valence-corrected chi connectivity index (χ4v) is 4.10. The van der Waals surface area contributed by atoms with E-state index in [1.54, 1.807) is 7.11 Å². The van der Waals surface area contributed by atoms with Crippen LogP contribution in [0.5, 0.6) is 5.75 Å². The number of ether oxygens (including phenoxy) is 1. The zero-order valence-corrected chi connectivity index (χ0v) is 18.2. The second kappa shape index (κ2) is 9.79. The molecule has 0 radical (unpaired) electrons. The lowest BCUT2D eigenvalue weighted by Crippen LogP contribution is -2.21. The van der Waals surface area contributed by atoms with Crippen molar-refractivity contribution >= 4 is 11.7 Å². The molecule has 6 heteroatoms. The minimum absolute atomic E-state index is 0.0767. The highest BCUT2D eigenvalue weighted by Gasteiger charge is 2.32. The van der Waals surface area contributed by atoms with Gasteiger partial charge in [-0.1, -0.05) is 43.3 Å². The molecule has 0 spiro atoms. The molecular weight excluding hydrogens is 388 g/mol. The summed E-state index contributed by atoms with van der Waals surface area (Å²) >= 11 is 0. The van der Waals surface area contributed by atoms with Gasteiger partial charge >= 0.3 is 0 Å². The predicted molar refractivity (Wildman–Crippen MR) is 122 cm³/mol. The maximum Gasteiger partial charge on any atom is 0.229 e. The van der Waals surface area contributed by atoms with Gasteiger partial charge in [-0.25, -0.2) is 0 Å². The Bertz CT molecular complexity index is 1010. The van der Waals surface area contributed by atoms with Crippen LogP contribution in [-0.4, -0.2) is 29.8 Å². The number of H-pyrrole nitrogens is 1. The van der Waals surface area contributed by atoms with Gasteiger partial charge in [-0.2, -0.15) is 5.10 Å². The van der Waals surface area contributed by atoms with Crippen molar-refractivity contribution in [3.63, 3.8) is 0 Å². The Morgan fingerprint density at radius 2 is 1.90 bits per heavy atom. The third-order valence-electron chi connectivity index (χ3n) is 5.97. The average Bonchev–Trinajstić information content (AvgIpc) is 3.19. The van der Waals surface area contributed by atoms with Gasteiger partial charge in [0.1, 0.15) is 5.75 Å². The molecule has 1 heterocycles. The molecule has 1 saturated carbocycles. The van der Waals surface area contributed by atoms with Gasteiger partial charge in [-0.15, -0.1) is 0 Å². The minimum atomic E-state index is -0.0767. The van der Waals surface area contributed by atoms with Gasteiger partial charge in [-0.05, 0) is 54.1 Å². The molecule has 0 atom stereocenters. The summed E-state index contributed by atoms with van der Waals surface area (Å²) in [6.07, 6.45) is 2.51. The topological polar surface area (TPSA) is 79.0 Å². The summed E-state index contributed by atoms with van der Waals surface area (Å²) in [5.41, 5.74) is 4.79. The predicted octanol–water partition coefficient (Wildman–Crippen LogP) is 4.37. The summed E-state index contributed by atoms with van der Waals surface area (Å²) in [5.74, 6) is 2.34. The van der Waals surface area contributed by atoms with Gasteiger partial charge in [0.15, 0.2) is 5.82 Å². The first-order valence-corrected chi connectivity index (χ1v) is 10.9. The zero-order chi connectivity index (χ0) is 21.6. The first-order valence-electron chi connectivity index (χ1n) is 10.9. The number of hydrogen-bond acceptors (Lipinski definition) is 4. The molecule has 162 valence electrons. The number of nitrogens with zero attached hydrogens (tertiary/aromatic N) is 1. The number of rotatable bonds is 9. The Labute approximate surface area is 183 Å². The number of carbonyl (C=O) groups is 1. The number of aromatic nitrogens is 2. The largest absolute Gasteiger partial charge is 0.497 e. The van der Waals surface area contributed by atoms with E-state index in [9.17, 15) is 4.79 Å². The lowest BCUT2D eigenvalue weighted by atomic mass is 9.70. The van der Waals surface area contributed by atoms with Gasteiger partial charge in [0, 0.05) is 24.2 Å². The standard InChI is InChI=1S/C25H30N4O2/c1-3-26-16-18-5-4-6-19(11-18)20-13-21(14-20)23-15-24(29-28-23)27-25(30)12-17-7-9-22(31-2)10-8-17/h4-11,15,20-21,26H,3,12-14,16H2,1-2H3,(H2,27,28,29,30). The van der Waals surface area contributed by atoms with Crippen molar-refractivity contribution in [2.75, 3.05) is 19.0 Å². The highest BCUT2D eigenvalue weighted by molar-refractivity contribution is 5.91. The highest BCUT2D eigenvalue weighted by atomic mass is 16.5. The fourth-order valence-electron chi connectivity index (χ4n) is 4.10. The molecule has 2 aromatic carbocycles. The Balaban J connectivity index is 1.28. The van der Waals surface area contributed by atoms with Gasteiger partial charge in [-0.3, -0.25) is 9.89 Å². The van der Waals surface area contributed by atoms with Crippen LogP contribution in [-0.2, 0) is 17.8 Å². The van der Waals surface area contributed by atoms with Crippen molar-refractivity contribution in [2.45, 2.75) is 44.6 Å². The van der Waals surface area contributed by atoms with Crippen LogP contribution in [0.25, 0.3) is 0 Å². The Morgan fingerprint density at radius 1 is 1.10 bits per heavy atom. The van der Waals surface area contributed by atoms with Gasteiger partial charge in [0.05, 0.1) is 13.5 Å². The summed E-state index contributed by atoms with van der Waals surface area (Å²) < 4.78 is 5.15. The number of benzene rings is 2. The molecule has 1 fully saturated rings. The van der Waals surface area contributed by atoms with Gasteiger partial charge in [0.25, 0.3) is 0 Å². The maximum atomic E-state index is 12.3. The van der Waals surface area contributed by atoms with E-state index >= 15 is 0 Å². The van der Waals surface area contributed by atoms with E-state index in [0.29, 0.717) is 24.1 Å². The van der Waals surface area contributed by atoms with Crippen LogP contribution >= 0.6 is 0 Å². The molecule has 3 N–H and O–H groups in total. The van der Waals surface area contributed by atoms with E-state index in [0.717, 1.165) is 42.9 Å². The van der Waals surface area contributed by atoms with E-state index < -0.39 is 0 Å². The van der Waals surface area contributed by atoms with E-state index in [-0.39, 0.29) is 5.91 Å². The number of carbonyl (C=O) groups excluding carboxylic acids is 1. The number of amides is 1. The SMILES string of the molecule is CCNCc1cccc(C2CC(c3cc(NC(=O)Cc4ccc(OC)cc4)n[nH]3)C2)c1. The Kier molecular flexibility index (Phi) is 6.67. The summed E-state index contributed by atoms with van der Waals surface area (Å²) in [5, 5.41) is 13.7. The van der Waals surface area contributed by atoms with E-state index in [1.807, 2.05) is 30.3 Å². The minimum Gasteiger partial charge on any atom is -0.497 e. The summed E-state index contributed by atoms with van der Waals surface area (Å²) in [6.45, 7) is 4.02. The van der Waals surface area contributed by atoms with Crippen molar-refractivity contribution in [1.29, 1.82) is 0 Å². The smallest absolute Gasteiger partial charge is 0.229 e. The molecule has 0 aliphatic heterocycles. The molecule has 1 aliphatic carbocycles. The monoisotopic (exact) mass is 418 g/mol. The molecule has 0 unspecified atom stereocenters. The van der Waals surface area contributed by atoms with Crippen LogP contribution in [0.4, 0.5) is 5.82 Å². The third kappa shape index (κ3) is 5.33. The van der Waals surface area contributed by atoms with Crippen molar-refractivity contribution in [3.8, 4) is 5.75 Å². The second-order valence-corrected chi connectivity index (χ2v) is 8.17. The molecule has 1 aromatic heterocycles. The Morgan fingerprint density at radius 3 is 2.65 bits per heavy atom. The molecule has 1 amide bonds. The van der Waals surface area contributed by atoms with Crippen LogP contribution in [0.1, 0.15) is 54.0 Å². The molecule has 1 aliphatic rings. The number of nitrogens with one attached hydrogen (secondary N) is 3. The summed E-state index contributed by atoms with van der Waals surface area (Å²) in [6, 6.07) is 18.4. The van der Waals surface area contributed by atoms with Crippen molar-refractivity contribution < 1.29 is 9.53 Å². The molecule has 6 nitrogen and oxygen atoms in total. The van der Waals surface area contributed by atoms with Crippen molar-refractivity contribution in [2.24, 2.45) is 0 Å². The van der Waals surface area contributed by atoms with E-state index in [4.69, 9.17) is 4.74 Å². The molecule has 31 heavy (non-hydrogen) atoms. The fraction of sp³-hybridized carbons (Fsp3) is 0.360. The maximum absolute atomic E-state index is 12.3. The second-order valence-electron chi connectivity index (χ2n) is 8.17. The van der Waals surface area contributed by atoms with Crippen LogP contribution in [0.2, 0.25) is 0 Å². The number of aromatic amines is 1. The summed E-state index contributed by atoms with van der Waals surface area (Å²) in [7, 11) is 1.63. The van der Waals surface area contributed by atoms with Crippen molar-refractivity contribution in [3.05, 3.63) is 77.0 Å². The van der Waals surface area contributed by atoms with Crippen molar-refractivity contribution in [1.82, 2.24) is 15.5 Å². The molecule has 4 rings (SSSR count). The third-order valence-corrected chi connectivity index (χ3v) is 5.97. The number of hydrogen-bond donors (Lipinski definition) is 3. The van der Waals surface area contributed by atoms with E-state index in [1.165, 1.54) is 11.1 Å². The molecule has 0 saturated heterocycles.